The van der Waals surface area contributed by atoms with E-state index in [-0.39, 0.29) is 23.9 Å². The fourth-order valence-electron chi connectivity index (χ4n) is 4.07. The number of carbonyl (C=O) groups is 2. The van der Waals surface area contributed by atoms with Gasteiger partial charge in [-0.1, -0.05) is 6.42 Å². The van der Waals surface area contributed by atoms with Crippen LogP contribution in [0.15, 0.2) is 0 Å². The molecular weight excluding hydrogens is 254 g/mol. The van der Waals surface area contributed by atoms with Crippen molar-refractivity contribution in [1.29, 1.82) is 0 Å². The average molecular weight is 279 g/mol. The van der Waals surface area contributed by atoms with E-state index in [0.29, 0.717) is 6.04 Å². The molecular formula is C15H25N3O2. The summed E-state index contributed by atoms with van der Waals surface area (Å²) in [5.74, 6) is 0.0471. The summed E-state index contributed by atoms with van der Waals surface area (Å²) in [7, 11) is 0. The highest BCUT2D eigenvalue weighted by Crippen LogP contribution is 2.33. The Morgan fingerprint density at radius 3 is 2.60 bits per heavy atom. The van der Waals surface area contributed by atoms with Gasteiger partial charge in [0.25, 0.3) is 0 Å². The quantitative estimate of drug-likeness (QED) is 0.770. The highest BCUT2D eigenvalue weighted by Gasteiger charge is 2.50. The zero-order chi connectivity index (χ0) is 14.5. The lowest BCUT2D eigenvalue weighted by Gasteiger charge is -2.47. The Morgan fingerprint density at radius 2 is 1.85 bits per heavy atom. The molecule has 0 saturated carbocycles. The van der Waals surface area contributed by atoms with Gasteiger partial charge in [0, 0.05) is 18.6 Å². The first-order valence-electron chi connectivity index (χ1n) is 7.80. The second-order valence-corrected chi connectivity index (χ2v) is 6.96. The Hall–Kier alpha value is -1.10. The number of fused-ring (bicyclic) bond motifs is 1. The lowest BCUT2D eigenvalue weighted by atomic mass is 9.91. The van der Waals surface area contributed by atoms with E-state index in [1.165, 1.54) is 12.8 Å². The molecule has 3 heterocycles. The number of nitrogens with one attached hydrogen (secondary N) is 1. The van der Waals surface area contributed by atoms with Crippen LogP contribution in [-0.2, 0) is 9.59 Å². The molecule has 3 atom stereocenters. The van der Waals surface area contributed by atoms with E-state index in [2.05, 4.69) is 10.2 Å². The molecule has 0 spiro atoms. The van der Waals surface area contributed by atoms with Gasteiger partial charge in [-0.25, -0.2) is 0 Å². The number of piperazine rings is 1. The third kappa shape index (κ3) is 2.03. The highest BCUT2D eigenvalue weighted by molar-refractivity contribution is 5.99. The van der Waals surface area contributed by atoms with Gasteiger partial charge in [0.1, 0.15) is 11.6 Å². The summed E-state index contributed by atoms with van der Waals surface area (Å²) in [5, 5.41) is 2.84. The van der Waals surface area contributed by atoms with E-state index in [4.69, 9.17) is 0 Å². The first-order valence-corrected chi connectivity index (χ1v) is 7.80. The molecule has 2 amide bonds. The molecule has 3 saturated heterocycles. The average Bonchev–Trinajstić information content (AvgIpc) is 2.81. The molecule has 5 nitrogen and oxygen atoms in total. The smallest absolute Gasteiger partial charge is 0.248 e. The number of amides is 2. The maximum atomic E-state index is 12.8. The van der Waals surface area contributed by atoms with Crippen LogP contribution in [-0.4, -0.2) is 58.4 Å². The Morgan fingerprint density at radius 1 is 1.10 bits per heavy atom. The minimum atomic E-state index is -0.772. The fraction of sp³-hybridized carbons (Fsp3) is 0.867. The van der Waals surface area contributed by atoms with Crippen LogP contribution in [0.1, 0.15) is 46.5 Å². The van der Waals surface area contributed by atoms with E-state index in [1.54, 1.807) is 13.8 Å². The molecule has 0 bridgehead atoms. The van der Waals surface area contributed by atoms with Crippen LogP contribution in [0.3, 0.4) is 0 Å². The van der Waals surface area contributed by atoms with E-state index in [0.717, 1.165) is 25.9 Å². The third-order valence-electron chi connectivity index (χ3n) is 5.18. The number of carbonyl (C=O) groups excluding carboxylic acids is 2. The normalized spacial score (nSPS) is 37.8. The largest absolute Gasteiger partial charge is 0.340 e. The first-order chi connectivity index (χ1) is 9.42. The summed E-state index contributed by atoms with van der Waals surface area (Å²) in [4.78, 5) is 29.3. The Labute approximate surface area is 120 Å². The van der Waals surface area contributed by atoms with Gasteiger partial charge >= 0.3 is 0 Å². The molecule has 0 aromatic heterocycles. The Kier molecular flexibility index (Phi) is 3.27. The number of piperidine rings is 1. The summed E-state index contributed by atoms with van der Waals surface area (Å²) >= 11 is 0. The topological polar surface area (TPSA) is 52.7 Å². The SMILES string of the molecule is CC1C(=O)NC(C)(C)C(=O)N1C1CCN2CCCCC12. The molecule has 5 heteroatoms. The van der Waals surface area contributed by atoms with Crippen LogP contribution in [0.25, 0.3) is 0 Å². The summed E-state index contributed by atoms with van der Waals surface area (Å²) in [6.45, 7) is 7.68. The van der Waals surface area contributed by atoms with Crippen molar-refractivity contribution in [1.82, 2.24) is 15.1 Å². The standard InChI is InChI=1S/C15H25N3O2/c1-10-13(19)16-15(2,3)14(20)18(10)12-7-9-17-8-5-4-6-11(12)17/h10-12H,4-9H2,1-3H3,(H,16,19). The summed E-state index contributed by atoms with van der Waals surface area (Å²) in [5.41, 5.74) is -0.772. The number of nitrogens with zero attached hydrogens (tertiary/aromatic N) is 2. The number of rotatable bonds is 1. The van der Waals surface area contributed by atoms with Gasteiger partial charge in [-0.05, 0) is 46.6 Å². The molecule has 20 heavy (non-hydrogen) atoms. The highest BCUT2D eigenvalue weighted by atomic mass is 16.2. The van der Waals surface area contributed by atoms with Crippen molar-refractivity contribution in [3.63, 3.8) is 0 Å². The van der Waals surface area contributed by atoms with Gasteiger partial charge < -0.3 is 10.2 Å². The molecule has 3 fully saturated rings. The minimum Gasteiger partial charge on any atom is -0.340 e. The van der Waals surface area contributed by atoms with Gasteiger partial charge in [-0.15, -0.1) is 0 Å². The maximum Gasteiger partial charge on any atom is 0.248 e. The Bertz CT molecular complexity index is 435. The fourth-order valence-corrected chi connectivity index (χ4v) is 4.07. The first kappa shape index (κ1) is 13.9. The lowest BCUT2D eigenvalue weighted by Crippen LogP contribution is -2.70. The van der Waals surface area contributed by atoms with Crippen LogP contribution >= 0.6 is 0 Å². The molecule has 0 aliphatic carbocycles. The van der Waals surface area contributed by atoms with Crippen molar-refractivity contribution < 1.29 is 9.59 Å². The molecule has 112 valence electrons. The van der Waals surface area contributed by atoms with E-state index >= 15 is 0 Å². The van der Waals surface area contributed by atoms with Crippen molar-refractivity contribution >= 4 is 11.8 Å². The van der Waals surface area contributed by atoms with Gasteiger partial charge in [-0.3, -0.25) is 14.5 Å². The van der Waals surface area contributed by atoms with E-state index < -0.39 is 5.54 Å². The minimum absolute atomic E-state index is 0.0242. The summed E-state index contributed by atoms with van der Waals surface area (Å²) in [6, 6.07) is 0.322. The monoisotopic (exact) mass is 279 g/mol. The molecule has 0 aromatic carbocycles. The van der Waals surface area contributed by atoms with Crippen molar-refractivity contribution in [2.24, 2.45) is 0 Å². The molecule has 3 aliphatic rings. The number of hydrogen-bond acceptors (Lipinski definition) is 3. The van der Waals surface area contributed by atoms with Crippen molar-refractivity contribution in [3.8, 4) is 0 Å². The molecule has 3 aliphatic heterocycles. The third-order valence-corrected chi connectivity index (χ3v) is 5.18. The van der Waals surface area contributed by atoms with Crippen LogP contribution < -0.4 is 5.32 Å². The molecule has 0 radical (unpaired) electrons. The molecule has 3 rings (SSSR count). The van der Waals surface area contributed by atoms with Crippen molar-refractivity contribution in [2.75, 3.05) is 13.1 Å². The lowest BCUT2D eigenvalue weighted by molar-refractivity contribution is -0.156. The number of hydrogen-bond donors (Lipinski definition) is 1. The van der Waals surface area contributed by atoms with Crippen molar-refractivity contribution in [2.45, 2.75) is 70.1 Å². The van der Waals surface area contributed by atoms with Gasteiger partial charge in [0.05, 0.1) is 0 Å². The molecule has 3 unspecified atom stereocenters. The molecule has 1 N–H and O–H groups in total. The zero-order valence-corrected chi connectivity index (χ0v) is 12.7. The van der Waals surface area contributed by atoms with Crippen LogP contribution in [0.2, 0.25) is 0 Å². The Balaban J connectivity index is 1.87. The summed E-state index contributed by atoms with van der Waals surface area (Å²) < 4.78 is 0. The van der Waals surface area contributed by atoms with E-state index in [9.17, 15) is 9.59 Å². The van der Waals surface area contributed by atoms with Gasteiger partial charge in [0.2, 0.25) is 11.8 Å². The van der Waals surface area contributed by atoms with Crippen molar-refractivity contribution in [3.05, 3.63) is 0 Å². The van der Waals surface area contributed by atoms with E-state index in [1.807, 2.05) is 11.8 Å². The van der Waals surface area contributed by atoms with Gasteiger partial charge in [0.15, 0.2) is 0 Å². The van der Waals surface area contributed by atoms with Crippen LogP contribution in [0.4, 0.5) is 0 Å². The molecule has 0 aromatic rings. The predicted octanol–water partition coefficient (Wildman–Crippen LogP) is 0.739. The van der Waals surface area contributed by atoms with Crippen LogP contribution in [0, 0.1) is 0 Å². The zero-order valence-electron chi connectivity index (χ0n) is 12.7. The van der Waals surface area contributed by atoms with Gasteiger partial charge in [-0.2, -0.15) is 0 Å². The predicted molar refractivity (Wildman–Crippen MR) is 76.1 cm³/mol. The second kappa shape index (κ2) is 4.72. The maximum absolute atomic E-state index is 12.8. The summed E-state index contributed by atoms with van der Waals surface area (Å²) in [6.07, 6.45) is 4.66. The van der Waals surface area contributed by atoms with Crippen LogP contribution in [0.5, 0.6) is 0 Å². The second-order valence-electron chi connectivity index (χ2n) is 6.96.